The van der Waals surface area contributed by atoms with Crippen LogP contribution in [0.25, 0.3) is 0 Å². The summed E-state index contributed by atoms with van der Waals surface area (Å²) in [5.74, 6) is 0.922. The summed E-state index contributed by atoms with van der Waals surface area (Å²) in [6.45, 7) is 7.72. The van der Waals surface area contributed by atoms with Gasteiger partial charge in [0, 0.05) is 31.2 Å². The van der Waals surface area contributed by atoms with Gasteiger partial charge in [-0.1, -0.05) is 13.8 Å². The first-order valence-corrected chi connectivity index (χ1v) is 13.2. The summed E-state index contributed by atoms with van der Waals surface area (Å²) < 4.78 is 23.5. The van der Waals surface area contributed by atoms with Crippen LogP contribution in [0, 0.1) is 28.6 Å². The summed E-state index contributed by atoms with van der Waals surface area (Å²) in [5, 5.41) is 0. The number of fused-ring (bicyclic) bond motifs is 3. The van der Waals surface area contributed by atoms with Crippen molar-refractivity contribution in [1.82, 2.24) is 0 Å². The number of epoxide rings is 1. The first-order valence-electron chi connectivity index (χ1n) is 13.2. The van der Waals surface area contributed by atoms with Gasteiger partial charge in [-0.2, -0.15) is 0 Å². The highest BCUT2D eigenvalue weighted by Gasteiger charge is 2.84. The third-order valence-electron chi connectivity index (χ3n) is 10.8. The first-order chi connectivity index (χ1) is 16.6. The number of ether oxygens (including phenoxy) is 3. The van der Waals surface area contributed by atoms with Crippen LogP contribution in [-0.2, 0) is 23.8 Å². The van der Waals surface area contributed by atoms with Gasteiger partial charge in [-0.25, -0.2) is 4.79 Å². The van der Waals surface area contributed by atoms with Gasteiger partial charge in [0.05, 0.1) is 6.26 Å². The molecule has 0 unspecified atom stereocenters. The van der Waals surface area contributed by atoms with Crippen LogP contribution in [0.3, 0.4) is 0 Å². The van der Waals surface area contributed by atoms with Crippen LogP contribution < -0.4 is 5.63 Å². The Morgan fingerprint density at radius 1 is 0.971 bits per heavy atom. The summed E-state index contributed by atoms with van der Waals surface area (Å²) in [4.78, 5) is 35.4. The fourth-order valence-electron chi connectivity index (χ4n) is 9.42. The molecule has 2 heterocycles. The van der Waals surface area contributed by atoms with Crippen molar-refractivity contribution >= 4 is 11.9 Å². The van der Waals surface area contributed by atoms with Crippen molar-refractivity contribution in [3.05, 3.63) is 34.4 Å². The lowest BCUT2D eigenvalue weighted by Gasteiger charge is -2.61. The average molecular weight is 485 g/mol. The zero-order valence-corrected chi connectivity index (χ0v) is 21.1. The molecule has 4 aliphatic carbocycles. The molecule has 5 aliphatic rings. The second-order valence-electron chi connectivity index (χ2n) is 12.2. The van der Waals surface area contributed by atoms with Crippen LogP contribution in [0.2, 0.25) is 0 Å². The van der Waals surface area contributed by atoms with E-state index in [2.05, 4.69) is 13.8 Å². The maximum absolute atomic E-state index is 12.1. The molecule has 1 aliphatic heterocycles. The molecular weight excluding hydrogens is 448 g/mol. The maximum Gasteiger partial charge on any atom is 0.335 e. The molecule has 0 bridgehead atoms. The molecule has 35 heavy (non-hydrogen) atoms. The van der Waals surface area contributed by atoms with Crippen molar-refractivity contribution < 1.29 is 28.2 Å². The second kappa shape index (κ2) is 7.67. The Hall–Kier alpha value is -2.15. The summed E-state index contributed by atoms with van der Waals surface area (Å²) in [7, 11) is 0. The Kier molecular flexibility index (Phi) is 5.10. The van der Waals surface area contributed by atoms with Gasteiger partial charge in [-0.3, -0.25) is 9.59 Å². The van der Waals surface area contributed by atoms with E-state index in [-0.39, 0.29) is 58.2 Å². The molecule has 0 N–H and O–H groups in total. The topological polar surface area (TPSA) is 95.3 Å². The highest BCUT2D eigenvalue weighted by Crippen LogP contribution is 2.78. The zero-order chi connectivity index (χ0) is 24.8. The molecule has 10 atom stereocenters. The zero-order valence-electron chi connectivity index (χ0n) is 21.1. The van der Waals surface area contributed by atoms with Crippen molar-refractivity contribution in [1.29, 1.82) is 0 Å². The molecule has 190 valence electrons. The SMILES string of the molecule is CC(=O)O[C@H]1CC[C@@]2(C)[C@H](CC[C@@H]3[C@@H]2CC[C@]2(C)[C@@H](c4ccc(=O)oc4)[C@@H](OC(C)=O)[C@H]4O[C@]342)C1. The van der Waals surface area contributed by atoms with Crippen LogP contribution >= 0.6 is 0 Å². The number of carbonyl (C=O) groups is 2. The summed E-state index contributed by atoms with van der Waals surface area (Å²) >= 11 is 0. The molecule has 5 fully saturated rings. The number of hydrogen-bond donors (Lipinski definition) is 0. The lowest BCUT2D eigenvalue weighted by molar-refractivity contribution is -0.166. The first kappa shape index (κ1) is 23.3. The van der Waals surface area contributed by atoms with Crippen molar-refractivity contribution in [3.63, 3.8) is 0 Å². The number of carbonyl (C=O) groups excluding carboxylic acids is 2. The van der Waals surface area contributed by atoms with E-state index >= 15 is 0 Å². The minimum absolute atomic E-state index is 0.0380. The van der Waals surface area contributed by atoms with Gasteiger partial charge in [0.2, 0.25) is 0 Å². The number of hydrogen-bond acceptors (Lipinski definition) is 7. The Morgan fingerprint density at radius 3 is 2.43 bits per heavy atom. The second-order valence-corrected chi connectivity index (χ2v) is 12.2. The minimum atomic E-state index is -0.380. The van der Waals surface area contributed by atoms with Crippen LogP contribution in [0.4, 0.5) is 0 Å². The summed E-state index contributed by atoms with van der Waals surface area (Å²) in [6.07, 6.45) is 8.28. The lowest BCUT2D eigenvalue weighted by Crippen LogP contribution is -2.58. The Morgan fingerprint density at radius 2 is 1.74 bits per heavy atom. The highest BCUT2D eigenvalue weighted by molar-refractivity contribution is 5.67. The van der Waals surface area contributed by atoms with Crippen LogP contribution in [0.15, 0.2) is 27.6 Å². The Labute approximate surface area is 205 Å². The van der Waals surface area contributed by atoms with E-state index in [1.54, 1.807) is 6.26 Å². The van der Waals surface area contributed by atoms with E-state index in [1.165, 1.54) is 19.9 Å². The van der Waals surface area contributed by atoms with E-state index < -0.39 is 0 Å². The maximum atomic E-state index is 12.1. The molecule has 7 heteroatoms. The molecule has 0 radical (unpaired) electrons. The van der Waals surface area contributed by atoms with E-state index in [0.29, 0.717) is 17.8 Å². The van der Waals surface area contributed by atoms with E-state index in [4.69, 9.17) is 18.6 Å². The van der Waals surface area contributed by atoms with Crippen molar-refractivity contribution in [2.45, 2.75) is 102 Å². The van der Waals surface area contributed by atoms with Gasteiger partial charge in [0.1, 0.15) is 23.9 Å². The number of rotatable bonds is 3. The normalized spacial score (nSPS) is 47.5. The summed E-state index contributed by atoms with van der Waals surface area (Å²) in [5.41, 5.74) is 0.194. The van der Waals surface area contributed by atoms with Crippen molar-refractivity contribution in [2.75, 3.05) is 0 Å². The number of esters is 2. The van der Waals surface area contributed by atoms with Crippen LogP contribution in [0.1, 0.15) is 84.1 Å². The molecule has 4 saturated carbocycles. The molecule has 7 nitrogen and oxygen atoms in total. The third kappa shape index (κ3) is 3.15. The van der Waals surface area contributed by atoms with Gasteiger partial charge in [-0.05, 0) is 79.7 Å². The smallest absolute Gasteiger partial charge is 0.335 e. The molecule has 0 aromatic carbocycles. The van der Waals surface area contributed by atoms with Crippen LogP contribution in [0.5, 0.6) is 0 Å². The fraction of sp³-hybridized carbons (Fsp3) is 0.750. The molecule has 0 amide bonds. The summed E-state index contributed by atoms with van der Waals surface area (Å²) in [6, 6.07) is 3.29. The van der Waals surface area contributed by atoms with E-state index in [0.717, 1.165) is 50.5 Å². The van der Waals surface area contributed by atoms with Crippen molar-refractivity contribution in [2.24, 2.45) is 28.6 Å². The molecular formula is C28H36O7. The minimum Gasteiger partial charge on any atom is -0.463 e. The van der Waals surface area contributed by atoms with Gasteiger partial charge in [0.25, 0.3) is 0 Å². The highest BCUT2D eigenvalue weighted by atomic mass is 16.7. The molecule has 1 aromatic rings. The van der Waals surface area contributed by atoms with Gasteiger partial charge < -0.3 is 18.6 Å². The third-order valence-corrected chi connectivity index (χ3v) is 10.8. The molecule has 1 aromatic heterocycles. The standard InChI is InChI=1S/C28H36O7/c1-15(29)33-19-9-11-26(3)18(13-19)6-7-21-20(26)10-12-27(4)23(17-5-8-22(31)32-14-17)24(34-16(2)30)25-28(21,27)35-25/h5,8,14,18-21,23-25H,6-7,9-13H2,1-4H3/t18-,19+,20+,21-,23+,24-,25-,26+,27-,28-/m1/s1. The largest absolute Gasteiger partial charge is 0.463 e. The predicted octanol–water partition coefficient (Wildman–Crippen LogP) is 4.37. The fourth-order valence-corrected chi connectivity index (χ4v) is 9.42. The van der Waals surface area contributed by atoms with Gasteiger partial charge in [-0.15, -0.1) is 0 Å². The van der Waals surface area contributed by atoms with Gasteiger partial charge in [0.15, 0.2) is 0 Å². The Bertz CT molecular complexity index is 1090. The molecule has 1 saturated heterocycles. The lowest BCUT2D eigenvalue weighted by atomic mass is 9.44. The van der Waals surface area contributed by atoms with E-state index in [9.17, 15) is 14.4 Å². The monoisotopic (exact) mass is 484 g/mol. The van der Waals surface area contributed by atoms with Crippen LogP contribution in [-0.4, -0.2) is 35.9 Å². The molecule has 6 rings (SSSR count). The Balaban J connectivity index is 1.34. The average Bonchev–Trinajstić information content (AvgIpc) is 3.49. The van der Waals surface area contributed by atoms with Crippen molar-refractivity contribution in [3.8, 4) is 0 Å². The predicted molar refractivity (Wildman–Crippen MR) is 125 cm³/mol. The quantitative estimate of drug-likeness (QED) is 0.464. The molecule has 1 spiro atoms. The van der Waals surface area contributed by atoms with E-state index in [1.807, 2.05) is 6.07 Å². The van der Waals surface area contributed by atoms with Gasteiger partial charge >= 0.3 is 17.6 Å².